The number of hydrogen-bond donors (Lipinski definition) is 0. The molecule has 0 aliphatic heterocycles. The van der Waals surface area contributed by atoms with Crippen molar-refractivity contribution >= 4 is 63.7 Å². The third-order valence-corrected chi connectivity index (χ3v) is 10.6. The summed E-state index contributed by atoms with van der Waals surface area (Å²) in [6.07, 6.45) is 26.4. The van der Waals surface area contributed by atoms with Gasteiger partial charge >= 0.3 is 68.1 Å². The van der Waals surface area contributed by atoms with Crippen LogP contribution in [0.1, 0.15) is 136 Å². The van der Waals surface area contributed by atoms with Gasteiger partial charge in [0.25, 0.3) is 0 Å². The minimum Gasteiger partial charge on any atom is -0.358 e. The third kappa shape index (κ3) is 73.4. The van der Waals surface area contributed by atoms with Crippen molar-refractivity contribution in [3.05, 3.63) is 35.6 Å². The minimum atomic E-state index is -4.17. The Balaban J connectivity index is -0.0000000510. The predicted molar refractivity (Wildman–Crippen MR) is 237 cm³/mol. The molecule has 3 nitrogen and oxygen atoms in total. The number of halogens is 8. The molecular weight excluding hydrogens is 1290 g/mol. The van der Waals surface area contributed by atoms with Gasteiger partial charge in [-0.15, -0.1) is 0 Å². The molecule has 0 N–H and O–H groups in total. The van der Waals surface area contributed by atoms with Crippen LogP contribution < -0.4 is 18.9 Å². The molecule has 326 valence electrons. The molecule has 0 radical (unpaired) electrons. The molecule has 0 aromatic rings. The van der Waals surface area contributed by atoms with Crippen molar-refractivity contribution in [2.75, 3.05) is 61.4 Å². The molecule has 53 heavy (non-hydrogen) atoms. The van der Waals surface area contributed by atoms with Crippen LogP contribution >= 0.6 is 63.7 Å². The quantitative estimate of drug-likeness (QED) is 0.109. The summed E-state index contributed by atoms with van der Waals surface area (Å²) in [5, 5.41) is 0. The van der Waals surface area contributed by atoms with Crippen LogP contribution in [0.15, 0.2) is 0 Å². The molecule has 14 heteroatoms. The maximum Gasteiger partial charge on any atom is 2.00 e. The first-order valence-corrected chi connectivity index (χ1v) is 20.9. The first-order valence-electron chi connectivity index (χ1n) is 17.5. The summed E-state index contributed by atoms with van der Waals surface area (Å²) in [4.78, 5) is 0.174. The van der Waals surface area contributed by atoms with Crippen LogP contribution in [-0.2, 0) is 39.6 Å². The first-order chi connectivity index (χ1) is 21.3. The molecular formula is C39H82Br4F4LiN3Os2. The van der Waals surface area contributed by atoms with Crippen molar-refractivity contribution in [3.8, 4) is 0 Å². The largest absolute Gasteiger partial charge is 2.00 e. The molecule has 4 aliphatic rings. The zero-order valence-corrected chi connectivity index (χ0v) is 47.7. The minimum absolute atomic E-state index is 0. The van der Waals surface area contributed by atoms with E-state index in [4.69, 9.17) is 0 Å². The SMILES string of the molecule is BrC1CCCC1.BrC1CCCC1.C1CCCC1.C1CCCC1.CN(C)CCN(C)CCN(C)C.C[C-](C)C.FC(F)(Br)C(F)(F)Br.[CH3-].[CH3-].[CH3-].[CH3-].[Li+].[Os+2].[Os+2]. The van der Waals surface area contributed by atoms with Gasteiger partial charge in [-0.2, -0.15) is 38.3 Å². The molecule has 4 aliphatic carbocycles. The second kappa shape index (κ2) is 53.4. The molecule has 0 aromatic heterocycles. The van der Waals surface area contributed by atoms with E-state index in [9.17, 15) is 17.6 Å². The summed E-state index contributed by atoms with van der Waals surface area (Å²) in [6, 6.07) is 0. The molecule has 4 saturated carbocycles. The van der Waals surface area contributed by atoms with Crippen LogP contribution in [0.5, 0.6) is 0 Å². The topological polar surface area (TPSA) is 9.72 Å². The van der Waals surface area contributed by atoms with Crippen LogP contribution in [0, 0.1) is 35.6 Å². The fraction of sp³-hybridized carbons (Fsp3) is 0.872. The molecule has 0 atom stereocenters. The normalized spacial score (nSPS) is 15.8. The molecule has 4 fully saturated rings. The van der Waals surface area contributed by atoms with E-state index in [0.29, 0.717) is 0 Å². The molecule has 0 bridgehead atoms. The molecule has 0 amide bonds. The first kappa shape index (κ1) is 80.4. The van der Waals surface area contributed by atoms with Gasteiger partial charge in [-0.3, -0.25) is 0 Å². The Labute approximate surface area is 403 Å². The van der Waals surface area contributed by atoms with Crippen LogP contribution in [0.3, 0.4) is 0 Å². The second-order valence-corrected chi connectivity index (χ2v) is 18.3. The number of alkyl halides is 8. The van der Waals surface area contributed by atoms with Crippen LogP contribution in [0.4, 0.5) is 17.6 Å². The van der Waals surface area contributed by atoms with Gasteiger partial charge in [0, 0.05) is 35.8 Å². The van der Waals surface area contributed by atoms with E-state index in [2.05, 4.69) is 103 Å². The molecule has 0 heterocycles. The molecule has 0 unspecified atom stereocenters. The van der Waals surface area contributed by atoms with Gasteiger partial charge < -0.3 is 50.3 Å². The third-order valence-electron chi connectivity index (χ3n) is 7.25. The number of hydrogen-bond acceptors (Lipinski definition) is 3. The van der Waals surface area contributed by atoms with Gasteiger partial charge in [-0.1, -0.05) is 122 Å². The smallest absolute Gasteiger partial charge is 0.358 e. The van der Waals surface area contributed by atoms with Gasteiger partial charge in [-0.05, 0) is 92.8 Å². The van der Waals surface area contributed by atoms with Crippen molar-refractivity contribution < 1.29 is 76.0 Å². The van der Waals surface area contributed by atoms with E-state index in [1.165, 1.54) is 153 Å². The van der Waals surface area contributed by atoms with Crippen molar-refractivity contribution in [1.29, 1.82) is 0 Å². The van der Waals surface area contributed by atoms with Crippen LogP contribution in [0.2, 0.25) is 0 Å². The Hall–Kier alpha value is 3.39. The van der Waals surface area contributed by atoms with E-state index >= 15 is 0 Å². The fourth-order valence-electron chi connectivity index (χ4n) is 4.37. The van der Waals surface area contributed by atoms with E-state index in [1.807, 2.05) is 0 Å². The summed E-state index contributed by atoms with van der Waals surface area (Å²) >= 11 is 10.0. The predicted octanol–water partition coefficient (Wildman–Crippen LogP) is 12.0. The van der Waals surface area contributed by atoms with Crippen molar-refractivity contribution in [3.63, 3.8) is 0 Å². The van der Waals surface area contributed by atoms with Crippen molar-refractivity contribution in [1.82, 2.24) is 14.7 Å². The molecule has 0 spiro atoms. The Morgan fingerprint density at radius 2 is 0.642 bits per heavy atom. The summed E-state index contributed by atoms with van der Waals surface area (Å²) in [5.74, 6) is 1.42. The number of likely N-dealkylation sites (N-methyl/N-ethyl adjacent to an activating group) is 3. The Morgan fingerprint density at radius 3 is 0.736 bits per heavy atom. The van der Waals surface area contributed by atoms with Crippen LogP contribution in [-0.4, -0.2) is 95.4 Å². The van der Waals surface area contributed by atoms with Gasteiger partial charge in [-0.25, -0.2) is 0 Å². The summed E-state index contributed by atoms with van der Waals surface area (Å²) in [7, 11) is 10.6. The number of rotatable bonds is 7. The Kier molecular flexibility index (Phi) is 81.0. The average molecular weight is 1380 g/mol. The monoisotopic (exact) mass is 1380 g/mol. The second-order valence-electron chi connectivity index (χ2n) is 13.7. The summed E-state index contributed by atoms with van der Waals surface area (Å²) in [6.45, 7) is 10.8. The Bertz CT molecular complexity index is 557. The fourth-order valence-corrected chi connectivity index (χ4v) is 5.67. The molecule has 0 aromatic carbocycles. The average Bonchev–Trinajstić information content (AvgIpc) is 3.76. The van der Waals surface area contributed by atoms with Gasteiger partial charge in [0.2, 0.25) is 0 Å². The molecule has 4 rings (SSSR count). The molecule has 0 saturated heterocycles. The van der Waals surface area contributed by atoms with Gasteiger partial charge in [0.15, 0.2) is 0 Å². The van der Waals surface area contributed by atoms with Crippen molar-refractivity contribution in [2.45, 2.75) is 156 Å². The van der Waals surface area contributed by atoms with Gasteiger partial charge in [0.05, 0.1) is 0 Å². The zero-order valence-electron chi connectivity index (χ0n) is 36.3. The number of nitrogens with zero attached hydrogens (tertiary/aromatic N) is 3. The standard InChI is InChI=1S/C9H23N3.2C5H9Br.2C5H10.C4H9.C2Br2F4.4CH3.Li.2Os/c1-10(2)6-8-12(5)9-7-11(3)4;2*6-5-3-1-2-4-5;2*1-2-4-5-3-1;1-4(2)3;3-1(5,6)2(4,7)8;;;;;;;/h6-9H2,1-5H3;2*5H,1-4H2;2*1-5H2;1-3H3;;4*1H3;;;/q;;;;;-1;;4*-1;+1;2*+2. The van der Waals surface area contributed by atoms with Crippen molar-refractivity contribution in [2.24, 2.45) is 0 Å². The summed E-state index contributed by atoms with van der Waals surface area (Å²) in [5.41, 5.74) is 0. The van der Waals surface area contributed by atoms with E-state index < -0.39 is 9.66 Å². The summed E-state index contributed by atoms with van der Waals surface area (Å²) < 4.78 is 45.4. The zero-order chi connectivity index (χ0) is 36.0. The maximum atomic E-state index is 11.3. The van der Waals surface area contributed by atoms with E-state index in [1.54, 1.807) is 0 Å². The van der Waals surface area contributed by atoms with Crippen LogP contribution in [0.25, 0.3) is 0 Å². The van der Waals surface area contributed by atoms with E-state index in [0.717, 1.165) is 35.8 Å². The maximum absolute atomic E-state index is 11.3. The van der Waals surface area contributed by atoms with E-state index in [-0.39, 0.29) is 88.1 Å². The van der Waals surface area contributed by atoms with Gasteiger partial charge in [0.1, 0.15) is 0 Å². The Morgan fingerprint density at radius 1 is 0.472 bits per heavy atom.